The van der Waals surface area contributed by atoms with E-state index in [0.29, 0.717) is 5.78 Å². The average molecular weight is 247 g/mol. The summed E-state index contributed by atoms with van der Waals surface area (Å²) in [5, 5.41) is 0. The largest absolute Gasteiger partial charge is 0.497 e. The monoisotopic (exact) mass is 247 g/mol. The van der Waals surface area contributed by atoms with Gasteiger partial charge in [0.05, 0.1) is 7.11 Å². The van der Waals surface area contributed by atoms with Gasteiger partial charge in [0.25, 0.3) is 0 Å². The number of hydrogen-bond acceptors (Lipinski definition) is 3. The SMILES string of the molecule is COc1cc(C)nc(CC2CCCCCC2=O)c1. The molecule has 0 aliphatic heterocycles. The van der Waals surface area contributed by atoms with Crippen LogP contribution in [0.2, 0.25) is 0 Å². The Kier molecular flexibility index (Phi) is 4.34. The van der Waals surface area contributed by atoms with Crippen LogP contribution in [0.15, 0.2) is 12.1 Å². The van der Waals surface area contributed by atoms with Crippen LogP contribution in [0.5, 0.6) is 5.75 Å². The minimum atomic E-state index is 0.159. The smallest absolute Gasteiger partial charge is 0.136 e. The van der Waals surface area contributed by atoms with Gasteiger partial charge in [-0.1, -0.05) is 12.8 Å². The highest BCUT2D eigenvalue weighted by atomic mass is 16.5. The van der Waals surface area contributed by atoms with Crippen molar-refractivity contribution >= 4 is 5.78 Å². The van der Waals surface area contributed by atoms with Crippen molar-refractivity contribution in [1.29, 1.82) is 0 Å². The maximum absolute atomic E-state index is 12.0. The fourth-order valence-electron chi connectivity index (χ4n) is 2.63. The zero-order valence-corrected chi connectivity index (χ0v) is 11.2. The normalized spacial score (nSPS) is 20.6. The molecule has 0 saturated heterocycles. The predicted molar refractivity (Wildman–Crippen MR) is 70.8 cm³/mol. The van der Waals surface area contributed by atoms with Gasteiger partial charge in [-0.05, 0) is 26.2 Å². The van der Waals surface area contributed by atoms with Crippen molar-refractivity contribution in [3.63, 3.8) is 0 Å². The molecule has 0 N–H and O–H groups in total. The summed E-state index contributed by atoms with van der Waals surface area (Å²) in [5.41, 5.74) is 1.93. The Labute approximate surface area is 109 Å². The molecule has 3 heteroatoms. The fraction of sp³-hybridized carbons (Fsp3) is 0.600. The standard InChI is InChI=1S/C15H21NO2/c1-11-8-14(18-2)10-13(16-11)9-12-6-4-3-5-7-15(12)17/h8,10,12H,3-7,9H2,1-2H3. The van der Waals surface area contributed by atoms with E-state index in [1.165, 1.54) is 12.8 Å². The van der Waals surface area contributed by atoms with Crippen LogP contribution in [0.25, 0.3) is 0 Å². The first-order valence-corrected chi connectivity index (χ1v) is 6.73. The molecule has 3 nitrogen and oxygen atoms in total. The first-order valence-electron chi connectivity index (χ1n) is 6.73. The highest BCUT2D eigenvalue weighted by Gasteiger charge is 2.21. The van der Waals surface area contributed by atoms with Gasteiger partial charge in [0.2, 0.25) is 0 Å². The average Bonchev–Trinajstić information content (AvgIpc) is 2.54. The number of carbonyl (C=O) groups is 1. The van der Waals surface area contributed by atoms with E-state index in [9.17, 15) is 4.79 Å². The van der Waals surface area contributed by atoms with Crippen molar-refractivity contribution in [3.05, 3.63) is 23.5 Å². The Morgan fingerprint density at radius 3 is 2.94 bits per heavy atom. The summed E-state index contributed by atoms with van der Waals surface area (Å²) < 4.78 is 5.25. The van der Waals surface area contributed by atoms with E-state index in [-0.39, 0.29) is 5.92 Å². The molecule has 1 aliphatic rings. The van der Waals surface area contributed by atoms with Crippen molar-refractivity contribution < 1.29 is 9.53 Å². The molecule has 1 atom stereocenters. The van der Waals surface area contributed by atoms with Crippen LogP contribution in [-0.4, -0.2) is 17.9 Å². The minimum absolute atomic E-state index is 0.159. The molecule has 1 aliphatic carbocycles. The molecular weight excluding hydrogens is 226 g/mol. The molecule has 1 aromatic rings. The van der Waals surface area contributed by atoms with Gasteiger partial charge < -0.3 is 4.74 Å². The molecule has 1 saturated carbocycles. The number of aryl methyl sites for hydroxylation is 1. The van der Waals surface area contributed by atoms with Gasteiger partial charge >= 0.3 is 0 Å². The summed E-state index contributed by atoms with van der Waals surface area (Å²) in [4.78, 5) is 16.5. The molecule has 1 heterocycles. The second kappa shape index (κ2) is 5.98. The molecular formula is C15H21NO2. The molecule has 0 amide bonds. The molecule has 1 aromatic heterocycles. The molecule has 1 unspecified atom stereocenters. The topological polar surface area (TPSA) is 39.2 Å². The third-order valence-electron chi connectivity index (χ3n) is 3.60. The van der Waals surface area contributed by atoms with Crippen molar-refractivity contribution in [3.8, 4) is 5.75 Å². The van der Waals surface area contributed by atoms with E-state index in [4.69, 9.17) is 4.74 Å². The van der Waals surface area contributed by atoms with E-state index < -0.39 is 0 Å². The quantitative estimate of drug-likeness (QED) is 0.770. The van der Waals surface area contributed by atoms with Gasteiger partial charge in [0, 0.05) is 35.9 Å². The lowest BCUT2D eigenvalue weighted by Gasteiger charge is -2.13. The van der Waals surface area contributed by atoms with E-state index in [2.05, 4.69) is 4.98 Å². The van der Waals surface area contributed by atoms with Gasteiger partial charge in [0.15, 0.2) is 0 Å². The highest BCUT2D eigenvalue weighted by Crippen LogP contribution is 2.24. The van der Waals surface area contributed by atoms with Crippen molar-refractivity contribution in [1.82, 2.24) is 4.98 Å². The van der Waals surface area contributed by atoms with Gasteiger partial charge in [-0.15, -0.1) is 0 Å². The summed E-state index contributed by atoms with van der Waals surface area (Å²) in [6, 6.07) is 3.86. The van der Waals surface area contributed by atoms with E-state index in [1.54, 1.807) is 7.11 Å². The molecule has 0 radical (unpaired) electrons. The number of rotatable bonds is 3. The first-order chi connectivity index (χ1) is 8.69. The molecule has 98 valence electrons. The number of methoxy groups -OCH3 is 1. The van der Waals surface area contributed by atoms with E-state index >= 15 is 0 Å². The van der Waals surface area contributed by atoms with Gasteiger partial charge in [0.1, 0.15) is 11.5 Å². The lowest BCUT2D eigenvalue weighted by atomic mass is 9.93. The lowest BCUT2D eigenvalue weighted by Crippen LogP contribution is -2.16. The zero-order chi connectivity index (χ0) is 13.0. The van der Waals surface area contributed by atoms with E-state index in [1.807, 2.05) is 19.1 Å². The highest BCUT2D eigenvalue weighted by molar-refractivity contribution is 5.81. The number of Topliss-reactive ketones (excluding diaryl/α,β-unsaturated/α-hetero) is 1. The Bertz CT molecular complexity index is 429. The Balaban J connectivity index is 2.12. The number of hydrogen-bond donors (Lipinski definition) is 0. The van der Waals surface area contributed by atoms with E-state index in [0.717, 1.165) is 42.8 Å². The van der Waals surface area contributed by atoms with Crippen LogP contribution < -0.4 is 4.74 Å². The summed E-state index contributed by atoms with van der Waals surface area (Å²) >= 11 is 0. The van der Waals surface area contributed by atoms with Gasteiger partial charge in [-0.25, -0.2) is 0 Å². The van der Waals surface area contributed by atoms with Gasteiger partial charge in [-0.2, -0.15) is 0 Å². The number of ether oxygens (including phenoxy) is 1. The van der Waals surface area contributed by atoms with Crippen LogP contribution in [0.1, 0.15) is 43.5 Å². The summed E-state index contributed by atoms with van der Waals surface area (Å²) in [6.45, 7) is 1.96. The summed E-state index contributed by atoms with van der Waals surface area (Å²) in [5.74, 6) is 1.40. The van der Waals surface area contributed by atoms with Crippen molar-refractivity contribution in [2.75, 3.05) is 7.11 Å². The maximum Gasteiger partial charge on any atom is 0.136 e. The maximum atomic E-state index is 12.0. The minimum Gasteiger partial charge on any atom is -0.497 e. The lowest BCUT2D eigenvalue weighted by molar-refractivity contribution is -0.122. The molecule has 18 heavy (non-hydrogen) atoms. The Morgan fingerprint density at radius 2 is 2.17 bits per heavy atom. The van der Waals surface area contributed by atoms with Crippen LogP contribution in [0.3, 0.4) is 0 Å². The molecule has 0 bridgehead atoms. The molecule has 1 fully saturated rings. The zero-order valence-electron chi connectivity index (χ0n) is 11.2. The van der Waals surface area contributed by atoms with Crippen LogP contribution in [-0.2, 0) is 11.2 Å². The summed E-state index contributed by atoms with van der Waals surface area (Å²) in [7, 11) is 1.66. The molecule has 2 rings (SSSR count). The number of ketones is 1. The number of pyridine rings is 1. The van der Waals surface area contributed by atoms with Crippen LogP contribution in [0, 0.1) is 12.8 Å². The second-order valence-electron chi connectivity index (χ2n) is 5.11. The second-order valence-corrected chi connectivity index (χ2v) is 5.11. The fourth-order valence-corrected chi connectivity index (χ4v) is 2.63. The number of carbonyl (C=O) groups excluding carboxylic acids is 1. The van der Waals surface area contributed by atoms with Crippen molar-refractivity contribution in [2.24, 2.45) is 5.92 Å². The first kappa shape index (κ1) is 13.1. The predicted octanol–water partition coefficient (Wildman–Crippen LogP) is 3.09. The van der Waals surface area contributed by atoms with Crippen LogP contribution in [0.4, 0.5) is 0 Å². The third kappa shape index (κ3) is 3.31. The summed E-state index contributed by atoms with van der Waals surface area (Å²) in [6.07, 6.45) is 5.92. The Hall–Kier alpha value is -1.38. The number of aromatic nitrogens is 1. The van der Waals surface area contributed by atoms with Crippen molar-refractivity contribution in [2.45, 2.75) is 45.4 Å². The Morgan fingerprint density at radius 1 is 1.33 bits per heavy atom. The number of nitrogens with zero attached hydrogens (tertiary/aromatic N) is 1. The third-order valence-corrected chi connectivity index (χ3v) is 3.60. The van der Waals surface area contributed by atoms with Gasteiger partial charge in [-0.3, -0.25) is 9.78 Å². The van der Waals surface area contributed by atoms with Crippen LogP contribution >= 0.6 is 0 Å². The molecule has 0 aromatic carbocycles. The molecule has 0 spiro atoms.